The lowest BCUT2D eigenvalue weighted by atomic mass is 9.97. The quantitative estimate of drug-likeness (QED) is 0.150. The fourth-order valence-corrected chi connectivity index (χ4v) is 6.65. The molecule has 1 unspecified atom stereocenters. The van der Waals surface area contributed by atoms with Gasteiger partial charge < -0.3 is 24.5 Å². The molecule has 0 radical (unpaired) electrons. The Morgan fingerprint density at radius 1 is 1.13 bits per heavy atom. The van der Waals surface area contributed by atoms with Crippen LogP contribution < -0.4 is 9.47 Å². The van der Waals surface area contributed by atoms with Crippen LogP contribution >= 0.6 is 34.5 Å². The number of halogens is 2. The van der Waals surface area contributed by atoms with E-state index >= 15 is 0 Å². The minimum atomic E-state index is -0.788. The van der Waals surface area contributed by atoms with E-state index in [-0.39, 0.29) is 39.2 Å². The number of aryl methyl sites for hydroxylation is 1. The van der Waals surface area contributed by atoms with Crippen LogP contribution in [0.15, 0.2) is 53.5 Å². The highest BCUT2D eigenvalue weighted by molar-refractivity contribution is 7.10. The zero-order valence-electron chi connectivity index (χ0n) is 20.8. The lowest BCUT2D eigenvalue weighted by molar-refractivity contribution is -0.139. The molecule has 0 saturated carbocycles. The van der Waals surface area contributed by atoms with Crippen molar-refractivity contribution < 1.29 is 24.2 Å². The number of ether oxygens (including phenoxy) is 2. The summed E-state index contributed by atoms with van der Waals surface area (Å²) in [5.74, 6) is -1.64. The number of para-hydroxylation sites is 1. The number of hydrogen-bond donors (Lipinski definition) is 2. The number of likely N-dealkylation sites (tertiary alicyclic amines) is 1. The first-order valence-electron chi connectivity index (χ1n) is 11.8. The Morgan fingerprint density at radius 3 is 2.55 bits per heavy atom. The van der Waals surface area contributed by atoms with Crippen LogP contribution in [0.2, 0.25) is 10.0 Å². The molecule has 38 heavy (non-hydrogen) atoms. The summed E-state index contributed by atoms with van der Waals surface area (Å²) in [4.78, 5) is 32.4. The zero-order chi connectivity index (χ0) is 27.1. The molecule has 2 N–H and O–H groups in total. The van der Waals surface area contributed by atoms with Crippen molar-refractivity contribution in [1.82, 2.24) is 9.88 Å². The number of aromatic amines is 1. The van der Waals surface area contributed by atoms with Crippen molar-refractivity contribution >= 4 is 62.9 Å². The summed E-state index contributed by atoms with van der Waals surface area (Å²) in [6.07, 6.45) is 2.43. The van der Waals surface area contributed by atoms with Gasteiger partial charge in [-0.05, 0) is 48.1 Å². The second-order valence-electron chi connectivity index (χ2n) is 8.86. The standard InChI is InChI=1S/C28H24Cl2N2O5S/c1-14-9-11-38-27(14)22-20(23(33)17-12-18(29)26(37-3)21(30)25(17)36-2)24(34)28(35)32(22)10-8-15-13-31-19-7-5-4-6-16(15)19/h4-7,9,11-13,22,31,33H,8,10H2,1-3H3/b23-20-. The van der Waals surface area contributed by atoms with Gasteiger partial charge in [0.2, 0.25) is 0 Å². The van der Waals surface area contributed by atoms with Gasteiger partial charge in [0, 0.05) is 28.5 Å². The van der Waals surface area contributed by atoms with Gasteiger partial charge in [0.1, 0.15) is 10.8 Å². The van der Waals surface area contributed by atoms with E-state index in [1.807, 2.05) is 48.8 Å². The number of methoxy groups -OCH3 is 2. The molecule has 1 fully saturated rings. The highest BCUT2D eigenvalue weighted by atomic mass is 35.5. The maximum absolute atomic E-state index is 13.5. The van der Waals surface area contributed by atoms with Crippen molar-refractivity contribution in [3.8, 4) is 11.5 Å². The van der Waals surface area contributed by atoms with Gasteiger partial charge in [0.15, 0.2) is 11.5 Å². The third-order valence-electron chi connectivity index (χ3n) is 6.78. The molecule has 1 aliphatic heterocycles. The van der Waals surface area contributed by atoms with Gasteiger partial charge >= 0.3 is 0 Å². The fourth-order valence-electron chi connectivity index (χ4n) is 4.92. The minimum absolute atomic E-state index is 0.0430. The number of nitrogens with one attached hydrogen (secondary N) is 1. The number of nitrogens with zero attached hydrogens (tertiary/aromatic N) is 1. The SMILES string of the molecule is COc1c(Cl)cc(/C(O)=C2/C(=O)C(=O)N(CCc3c[nH]c4ccccc34)C2c2sccc2C)c(OC)c1Cl. The Morgan fingerprint density at radius 2 is 1.87 bits per heavy atom. The number of benzene rings is 2. The maximum Gasteiger partial charge on any atom is 0.295 e. The monoisotopic (exact) mass is 570 g/mol. The van der Waals surface area contributed by atoms with Gasteiger partial charge in [-0.1, -0.05) is 41.4 Å². The number of rotatable bonds is 7. The second kappa shape index (κ2) is 10.4. The van der Waals surface area contributed by atoms with Crippen LogP contribution in [-0.2, 0) is 16.0 Å². The molecule has 0 aliphatic carbocycles. The van der Waals surface area contributed by atoms with Crippen LogP contribution in [0, 0.1) is 6.92 Å². The van der Waals surface area contributed by atoms with Crippen molar-refractivity contribution in [2.75, 3.05) is 20.8 Å². The molecule has 4 aromatic rings. The van der Waals surface area contributed by atoms with Gasteiger partial charge in [0.25, 0.3) is 11.7 Å². The first-order valence-corrected chi connectivity index (χ1v) is 13.4. The molecule has 10 heteroatoms. The van der Waals surface area contributed by atoms with E-state index in [0.29, 0.717) is 6.42 Å². The summed E-state index contributed by atoms with van der Waals surface area (Å²) in [6, 6.07) is 10.5. The van der Waals surface area contributed by atoms with E-state index in [0.717, 1.165) is 26.9 Å². The average molecular weight is 571 g/mol. The highest BCUT2D eigenvalue weighted by Crippen LogP contribution is 2.48. The molecule has 1 saturated heterocycles. The summed E-state index contributed by atoms with van der Waals surface area (Å²) in [5, 5.41) is 14.7. The smallest absolute Gasteiger partial charge is 0.295 e. The van der Waals surface area contributed by atoms with Crippen LogP contribution in [0.5, 0.6) is 11.5 Å². The zero-order valence-corrected chi connectivity index (χ0v) is 23.1. The van der Waals surface area contributed by atoms with Crippen LogP contribution in [0.4, 0.5) is 0 Å². The lowest BCUT2D eigenvalue weighted by Gasteiger charge is -2.25. The molecular formula is C28H24Cl2N2O5S. The third kappa shape index (κ3) is 4.22. The van der Waals surface area contributed by atoms with Crippen molar-refractivity contribution in [2.24, 2.45) is 0 Å². The third-order valence-corrected chi connectivity index (χ3v) is 8.48. The molecular weight excluding hydrogens is 547 g/mol. The van der Waals surface area contributed by atoms with Crippen molar-refractivity contribution in [2.45, 2.75) is 19.4 Å². The van der Waals surface area contributed by atoms with E-state index in [1.165, 1.54) is 36.5 Å². The molecule has 2 aromatic heterocycles. The van der Waals surface area contributed by atoms with E-state index in [9.17, 15) is 14.7 Å². The van der Waals surface area contributed by atoms with Crippen LogP contribution in [0.1, 0.15) is 27.6 Å². The van der Waals surface area contributed by atoms with E-state index in [2.05, 4.69) is 4.98 Å². The number of H-pyrrole nitrogens is 1. The fraction of sp³-hybridized carbons (Fsp3) is 0.214. The molecule has 0 spiro atoms. The van der Waals surface area contributed by atoms with Crippen molar-refractivity contribution in [3.63, 3.8) is 0 Å². The largest absolute Gasteiger partial charge is 0.507 e. The molecule has 3 heterocycles. The molecule has 196 valence electrons. The Bertz CT molecular complexity index is 1610. The van der Waals surface area contributed by atoms with Crippen molar-refractivity contribution in [1.29, 1.82) is 0 Å². The topological polar surface area (TPSA) is 91.9 Å². The normalized spacial score (nSPS) is 17.0. The van der Waals surface area contributed by atoms with Gasteiger partial charge in [-0.15, -0.1) is 11.3 Å². The summed E-state index contributed by atoms with van der Waals surface area (Å²) >= 11 is 14.2. The van der Waals surface area contributed by atoms with Gasteiger partial charge in [-0.2, -0.15) is 0 Å². The Labute approximate surface area is 233 Å². The first kappa shape index (κ1) is 26.2. The predicted octanol–water partition coefficient (Wildman–Crippen LogP) is 6.53. The summed E-state index contributed by atoms with van der Waals surface area (Å²) in [5.41, 5.74) is 2.98. The van der Waals surface area contributed by atoms with Crippen molar-refractivity contribution in [3.05, 3.63) is 85.2 Å². The number of amides is 1. The molecule has 1 aliphatic rings. The number of thiophene rings is 1. The maximum atomic E-state index is 13.5. The number of aromatic nitrogens is 1. The molecule has 7 nitrogen and oxygen atoms in total. The summed E-state index contributed by atoms with van der Waals surface area (Å²) < 4.78 is 10.7. The molecule has 1 amide bonds. The van der Waals surface area contributed by atoms with Gasteiger partial charge in [-0.3, -0.25) is 9.59 Å². The number of aliphatic hydroxyl groups is 1. The Hall–Kier alpha value is -3.46. The van der Waals surface area contributed by atoms with Crippen LogP contribution in [0.3, 0.4) is 0 Å². The van der Waals surface area contributed by atoms with E-state index in [4.69, 9.17) is 32.7 Å². The molecule has 1 atom stereocenters. The summed E-state index contributed by atoms with van der Waals surface area (Å²) in [6.45, 7) is 2.18. The Kier molecular flexibility index (Phi) is 7.13. The Balaban J connectivity index is 1.63. The number of carbonyl (C=O) groups is 2. The van der Waals surface area contributed by atoms with E-state index in [1.54, 1.807) is 0 Å². The van der Waals surface area contributed by atoms with Crippen LogP contribution in [-0.4, -0.2) is 47.4 Å². The number of ketones is 1. The second-order valence-corrected chi connectivity index (χ2v) is 10.6. The number of Topliss-reactive ketones (excluding diaryl/α,β-unsaturated/α-hetero) is 1. The summed E-state index contributed by atoms with van der Waals surface area (Å²) in [7, 11) is 2.79. The van der Waals surface area contributed by atoms with Crippen LogP contribution in [0.25, 0.3) is 16.7 Å². The van der Waals surface area contributed by atoms with Gasteiger partial charge in [-0.25, -0.2) is 0 Å². The lowest BCUT2D eigenvalue weighted by Crippen LogP contribution is -2.31. The average Bonchev–Trinajstić information content (AvgIpc) is 3.58. The highest BCUT2D eigenvalue weighted by Gasteiger charge is 2.47. The number of carbonyl (C=O) groups excluding carboxylic acids is 2. The first-order chi connectivity index (χ1) is 18.3. The number of aliphatic hydroxyl groups excluding tert-OH is 1. The van der Waals surface area contributed by atoms with E-state index < -0.39 is 23.5 Å². The predicted molar refractivity (Wildman–Crippen MR) is 150 cm³/mol. The molecule has 5 rings (SSSR count). The number of fused-ring (bicyclic) bond motifs is 1. The number of hydrogen-bond acceptors (Lipinski definition) is 6. The minimum Gasteiger partial charge on any atom is -0.507 e. The van der Waals surface area contributed by atoms with Gasteiger partial charge in [0.05, 0.1) is 36.4 Å². The molecule has 0 bridgehead atoms. The molecule has 2 aromatic carbocycles.